The molecule has 4 aromatic rings. The minimum atomic E-state index is -1.59. The van der Waals surface area contributed by atoms with Crippen LogP contribution in [0.25, 0.3) is 33.2 Å². The number of carboxylic acids is 1. The number of carboxylic acid groups (broad SMARTS) is 1. The van der Waals surface area contributed by atoms with Crippen molar-refractivity contribution in [2.75, 3.05) is 7.05 Å². The van der Waals surface area contributed by atoms with E-state index in [2.05, 4.69) is 10.3 Å². The summed E-state index contributed by atoms with van der Waals surface area (Å²) in [5.74, 6) is -2.36. The number of hydrogen-bond donors (Lipinski definition) is 3. The van der Waals surface area contributed by atoms with E-state index in [0.717, 1.165) is 5.56 Å². The maximum atomic E-state index is 12.9. The number of aromatic nitrogens is 1. The first kappa shape index (κ1) is 21.2. The molecule has 2 aromatic carbocycles. The Morgan fingerprint density at radius 1 is 1.16 bits per heavy atom. The highest BCUT2D eigenvalue weighted by molar-refractivity contribution is 6.43. The molecular weight excluding hydrogens is 412 g/mol. The van der Waals surface area contributed by atoms with Gasteiger partial charge in [-0.05, 0) is 26.8 Å². The molecule has 0 aliphatic rings. The third kappa shape index (κ3) is 3.39. The van der Waals surface area contributed by atoms with Gasteiger partial charge in [0.25, 0.3) is 11.7 Å². The summed E-state index contributed by atoms with van der Waals surface area (Å²) in [6.07, 6.45) is 1.12. The maximum Gasteiger partial charge on any atom is 0.377 e. The van der Waals surface area contributed by atoms with Gasteiger partial charge in [-0.2, -0.15) is 0 Å². The maximum absolute atomic E-state index is 12.9. The Morgan fingerprint density at radius 3 is 2.44 bits per heavy atom. The van der Waals surface area contributed by atoms with Gasteiger partial charge >= 0.3 is 5.97 Å². The van der Waals surface area contributed by atoms with Crippen LogP contribution < -0.4 is 10.1 Å². The van der Waals surface area contributed by atoms with Crippen molar-refractivity contribution in [1.29, 1.82) is 0 Å². The molecule has 0 bridgehead atoms. The van der Waals surface area contributed by atoms with E-state index >= 15 is 0 Å². The summed E-state index contributed by atoms with van der Waals surface area (Å²) < 4.78 is 12.1. The lowest BCUT2D eigenvalue weighted by atomic mass is 10.0. The number of Topliss-reactive ketones (excluding diaryl/α,β-unsaturated/α-hetero) is 1. The topological polar surface area (TPSA) is 122 Å². The second-order valence-electron chi connectivity index (χ2n) is 7.76. The Labute approximate surface area is 183 Å². The number of ether oxygens (including phenoxy) is 1. The van der Waals surface area contributed by atoms with Crippen molar-refractivity contribution in [2.45, 2.75) is 26.9 Å². The highest BCUT2D eigenvalue weighted by atomic mass is 16.5. The molecule has 0 fully saturated rings. The summed E-state index contributed by atoms with van der Waals surface area (Å²) in [4.78, 5) is 39.7. The summed E-state index contributed by atoms with van der Waals surface area (Å²) >= 11 is 0. The predicted octanol–water partition coefficient (Wildman–Crippen LogP) is 4.30. The van der Waals surface area contributed by atoms with Crippen molar-refractivity contribution in [3.63, 3.8) is 0 Å². The van der Waals surface area contributed by atoms with Crippen LogP contribution >= 0.6 is 0 Å². The third-order valence-electron chi connectivity index (χ3n) is 5.14. The SMILES string of the molecule is CNC(=O)c1c(-c2ccc(C)cc2)oc2c1cc(OC(C)C)c1[nH]cc(C(=O)C(=O)O)c12. The number of amides is 1. The van der Waals surface area contributed by atoms with E-state index in [0.29, 0.717) is 28.0 Å². The van der Waals surface area contributed by atoms with Gasteiger partial charge in [-0.1, -0.05) is 29.8 Å². The Hall–Kier alpha value is -4.07. The van der Waals surface area contributed by atoms with Crippen molar-refractivity contribution >= 4 is 39.5 Å². The van der Waals surface area contributed by atoms with Crippen molar-refractivity contribution < 1.29 is 28.6 Å². The first-order valence-electron chi connectivity index (χ1n) is 10.1. The van der Waals surface area contributed by atoms with Crippen LogP contribution in [0.3, 0.4) is 0 Å². The van der Waals surface area contributed by atoms with Crippen molar-refractivity contribution in [3.8, 4) is 17.1 Å². The average molecular weight is 434 g/mol. The molecule has 0 saturated heterocycles. The highest BCUT2D eigenvalue weighted by Crippen LogP contribution is 2.42. The fourth-order valence-electron chi connectivity index (χ4n) is 3.72. The lowest BCUT2D eigenvalue weighted by molar-refractivity contribution is -0.131. The Balaban J connectivity index is 2.15. The van der Waals surface area contributed by atoms with Crippen LogP contribution in [0, 0.1) is 6.92 Å². The molecule has 164 valence electrons. The number of H-pyrrole nitrogens is 1. The standard InChI is InChI=1S/C24H22N2O6/c1-11(2)31-16-9-14-18(23(28)25-4)21(13-7-5-12(3)6-8-13)32-22(14)17-15(10-26-19(16)17)20(27)24(29)30/h5-11,26H,1-4H3,(H,25,28)(H,29,30). The van der Waals surface area contributed by atoms with Crippen LogP contribution in [-0.4, -0.2) is 40.9 Å². The lowest BCUT2D eigenvalue weighted by Gasteiger charge is -2.11. The number of aromatic amines is 1. The number of hydrogen-bond acceptors (Lipinski definition) is 5. The normalized spacial score (nSPS) is 11.3. The van der Waals surface area contributed by atoms with Crippen molar-refractivity contribution in [2.24, 2.45) is 0 Å². The van der Waals surface area contributed by atoms with Crippen molar-refractivity contribution in [1.82, 2.24) is 10.3 Å². The highest BCUT2D eigenvalue weighted by Gasteiger charge is 2.29. The molecule has 0 aliphatic carbocycles. The lowest BCUT2D eigenvalue weighted by Crippen LogP contribution is -2.18. The monoisotopic (exact) mass is 434 g/mol. The summed E-state index contributed by atoms with van der Waals surface area (Å²) in [6.45, 7) is 5.63. The number of furan rings is 1. The molecule has 32 heavy (non-hydrogen) atoms. The Morgan fingerprint density at radius 2 is 1.84 bits per heavy atom. The summed E-state index contributed by atoms with van der Waals surface area (Å²) in [7, 11) is 1.51. The molecule has 2 heterocycles. The minimum absolute atomic E-state index is 0.0700. The zero-order chi connectivity index (χ0) is 23.2. The van der Waals surface area contributed by atoms with Gasteiger partial charge in [0.1, 0.15) is 17.1 Å². The van der Waals surface area contributed by atoms with E-state index in [1.54, 1.807) is 6.07 Å². The van der Waals surface area contributed by atoms with Gasteiger partial charge in [0.05, 0.1) is 28.1 Å². The van der Waals surface area contributed by atoms with Gasteiger partial charge < -0.3 is 24.6 Å². The van der Waals surface area contributed by atoms with E-state index in [1.807, 2.05) is 45.0 Å². The zero-order valence-electron chi connectivity index (χ0n) is 18.0. The van der Waals surface area contributed by atoms with E-state index < -0.39 is 11.8 Å². The minimum Gasteiger partial charge on any atom is -0.489 e. The first-order valence-corrected chi connectivity index (χ1v) is 10.1. The number of carbonyl (C=O) groups excluding carboxylic acids is 2. The molecule has 8 nitrogen and oxygen atoms in total. The summed E-state index contributed by atoms with van der Waals surface area (Å²) in [5.41, 5.74) is 2.57. The number of benzene rings is 2. The third-order valence-corrected chi connectivity index (χ3v) is 5.14. The van der Waals surface area contributed by atoms with Crippen LogP contribution in [-0.2, 0) is 4.79 Å². The molecule has 8 heteroatoms. The van der Waals surface area contributed by atoms with Gasteiger partial charge in [0, 0.05) is 24.2 Å². The smallest absolute Gasteiger partial charge is 0.377 e. The zero-order valence-corrected chi connectivity index (χ0v) is 18.0. The van der Waals surface area contributed by atoms with Crippen LogP contribution in [0.2, 0.25) is 0 Å². The quantitative estimate of drug-likeness (QED) is 0.307. The molecule has 3 N–H and O–H groups in total. The second kappa shape index (κ2) is 7.88. The van der Waals surface area contributed by atoms with Crippen LogP contribution in [0.4, 0.5) is 0 Å². The predicted molar refractivity (Wildman–Crippen MR) is 119 cm³/mol. The number of rotatable bonds is 6. The number of fused-ring (bicyclic) bond motifs is 3. The number of aliphatic carboxylic acids is 1. The molecule has 0 spiro atoms. The van der Waals surface area contributed by atoms with Gasteiger partial charge in [0.15, 0.2) is 0 Å². The molecule has 0 radical (unpaired) electrons. The summed E-state index contributed by atoms with van der Waals surface area (Å²) in [6, 6.07) is 9.14. The molecular formula is C24H22N2O6. The molecule has 4 rings (SSSR count). The van der Waals surface area contributed by atoms with Gasteiger partial charge in [-0.25, -0.2) is 4.79 Å². The fourth-order valence-corrected chi connectivity index (χ4v) is 3.72. The van der Waals surface area contributed by atoms with Gasteiger partial charge in [-0.3, -0.25) is 9.59 Å². The number of nitrogens with one attached hydrogen (secondary N) is 2. The largest absolute Gasteiger partial charge is 0.489 e. The molecule has 0 aliphatic heterocycles. The number of ketones is 1. The average Bonchev–Trinajstić information content (AvgIpc) is 3.35. The van der Waals surface area contributed by atoms with E-state index in [4.69, 9.17) is 9.15 Å². The van der Waals surface area contributed by atoms with Crippen LogP contribution in [0.5, 0.6) is 5.75 Å². The summed E-state index contributed by atoms with van der Waals surface area (Å²) in [5, 5.41) is 12.6. The van der Waals surface area contributed by atoms with E-state index in [-0.39, 0.29) is 34.1 Å². The number of carbonyl (C=O) groups is 3. The molecule has 1 amide bonds. The second-order valence-corrected chi connectivity index (χ2v) is 7.76. The number of aryl methyl sites for hydroxylation is 1. The molecule has 0 unspecified atom stereocenters. The van der Waals surface area contributed by atoms with E-state index in [9.17, 15) is 19.5 Å². The van der Waals surface area contributed by atoms with Gasteiger partial charge in [0.2, 0.25) is 0 Å². The van der Waals surface area contributed by atoms with E-state index in [1.165, 1.54) is 13.2 Å². The first-order chi connectivity index (χ1) is 15.2. The molecule has 0 atom stereocenters. The van der Waals surface area contributed by atoms with Crippen molar-refractivity contribution in [3.05, 3.63) is 53.2 Å². The van der Waals surface area contributed by atoms with Crippen LogP contribution in [0.15, 0.2) is 40.9 Å². The van der Waals surface area contributed by atoms with Gasteiger partial charge in [-0.15, -0.1) is 0 Å². The Bertz CT molecular complexity index is 1380. The fraction of sp³-hybridized carbons (Fsp3) is 0.208. The van der Waals surface area contributed by atoms with Crippen LogP contribution in [0.1, 0.15) is 40.1 Å². The Kier molecular flexibility index (Phi) is 5.22. The molecule has 0 saturated carbocycles. The molecule has 2 aromatic heterocycles.